The minimum Gasteiger partial charge on any atom is -0.326 e. The highest BCUT2D eigenvalue weighted by molar-refractivity contribution is 5.74. The summed E-state index contributed by atoms with van der Waals surface area (Å²) in [5, 5.41) is 0. The zero-order valence-corrected chi connectivity index (χ0v) is 11.7. The monoisotopic (exact) mass is 300 g/mol. The molecule has 4 rings (SSSR count). The molecule has 3 heterocycles. The van der Waals surface area contributed by atoms with E-state index in [1.54, 1.807) is 12.4 Å². The van der Waals surface area contributed by atoms with Gasteiger partial charge in [-0.3, -0.25) is 4.98 Å². The number of hydrogen-bond donors (Lipinski definition) is 1. The Morgan fingerprint density at radius 1 is 1.23 bits per heavy atom. The SMILES string of the molecule is N[C@@H]1Cn2c(nc3cnccc32)C[C@H]1c1cc(F)ccc1F. The van der Waals surface area contributed by atoms with E-state index in [9.17, 15) is 8.78 Å². The van der Waals surface area contributed by atoms with Crippen LogP contribution in [0, 0.1) is 11.6 Å². The first-order valence-electron chi connectivity index (χ1n) is 7.13. The molecule has 0 fully saturated rings. The molecule has 0 saturated heterocycles. The average Bonchev–Trinajstić information content (AvgIpc) is 2.87. The number of halogens is 2. The van der Waals surface area contributed by atoms with Gasteiger partial charge in [0.25, 0.3) is 0 Å². The van der Waals surface area contributed by atoms with Gasteiger partial charge in [-0.25, -0.2) is 13.8 Å². The van der Waals surface area contributed by atoms with Crippen molar-refractivity contribution in [3.63, 3.8) is 0 Å². The van der Waals surface area contributed by atoms with E-state index in [4.69, 9.17) is 5.73 Å². The van der Waals surface area contributed by atoms with Gasteiger partial charge in [-0.1, -0.05) is 0 Å². The third-order valence-electron chi connectivity index (χ3n) is 4.30. The van der Waals surface area contributed by atoms with Gasteiger partial charge in [0.15, 0.2) is 0 Å². The number of hydrogen-bond acceptors (Lipinski definition) is 3. The molecule has 2 N–H and O–H groups in total. The Morgan fingerprint density at radius 3 is 2.95 bits per heavy atom. The van der Waals surface area contributed by atoms with Crippen LogP contribution in [0.3, 0.4) is 0 Å². The molecule has 6 heteroatoms. The van der Waals surface area contributed by atoms with Crippen LogP contribution in [0.5, 0.6) is 0 Å². The highest BCUT2D eigenvalue weighted by Crippen LogP contribution is 2.32. The molecule has 3 aromatic rings. The van der Waals surface area contributed by atoms with Gasteiger partial charge in [-0.2, -0.15) is 0 Å². The molecule has 0 spiro atoms. The van der Waals surface area contributed by atoms with E-state index < -0.39 is 11.6 Å². The lowest BCUT2D eigenvalue weighted by Crippen LogP contribution is -2.39. The van der Waals surface area contributed by atoms with E-state index in [0.717, 1.165) is 29.0 Å². The number of fused-ring (bicyclic) bond motifs is 3. The first-order valence-corrected chi connectivity index (χ1v) is 7.13. The third kappa shape index (κ3) is 1.99. The summed E-state index contributed by atoms with van der Waals surface area (Å²) in [5.41, 5.74) is 8.33. The van der Waals surface area contributed by atoms with Crippen LogP contribution in [-0.4, -0.2) is 20.6 Å². The minimum absolute atomic E-state index is 0.284. The van der Waals surface area contributed by atoms with E-state index in [1.807, 2.05) is 10.6 Å². The van der Waals surface area contributed by atoms with Crippen molar-refractivity contribution in [2.45, 2.75) is 24.9 Å². The predicted octanol–water partition coefficient (Wildman–Crippen LogP) is 2.38. The van der Waals surface area contributed by atoms with Gasteiger partial charge in [-0.05, 0) is 29.8 Å². The summed E-state index contributed by atoms with van der Waals surface area (Å²) in [7, 11) is 0. The summed E-state index contributed by atoms with van der Waals surface area (Å²) in [6.07, 6.45) is 3.89. The van der Waals surface area contributed by atoms with Gasteiger partial charge < -0.3 is 10.3 Å². The number of imidazole rings is 1. The van der Waals surface area contributed by atoms with Gasteiger partial charge in [0.2, 0.25) is 0 Å². The van der Waals surface area contributed by atoms with Crippen molar-refractivity contribution in [1.29, 1.82) is 0 Å². The van der Waals surface area contributed by atoms with Gasteiger partial charge in [0, 0.05) is 31.1 Å². The minimum atomic E-state index is -0.452. The average molecular weight is 300 g/mol. The first kappa shape index (κ1) is 13.3. The summed E-state index contributed by atoms with van der Waals surface area (Å²) >= 11 is 0. The number of pyridine rings is 1. The zero-order chi connectivity index (χ0) is 15.3. The standard InChI is InChI=1S/C16H14F2N4/c17-9-1-2-12(18)10(5-9)11-6-16-21-14-7-20-4-3-15(14)22(16)8-13(11)19/h1-5,7,11,13H,6,8,19H2/t11-,13+/m0/s1. The molecule has 0 aliphatic carbocycles. The van der Waals surface area contributed by atoms with Crippen LogP contribution >= 0.6 is 0 Å². The molecule has 0 radical (unpaired) electrons. The Labute approximate surface area is 125 Å². The zero-order valence-electron chi connectivity index (χ0n) is 11.7. The fraction of sp³-hybridized carbons (Fsp3) is 0.250. The van der Waals surface area contributed by atoms with Gasteiger partial charge in [0.05, 0.1) is 11.7 Å². The number of aromatic nitrogens is 3. The Morgan fingerprint density at radius 2 is 2.09 bits per heavy atom. The highest BCUT2D eigenvalue weighted by atomic mass is 19.1. The normalized spacial score (nSPS) is 21.0. The van der Waals surface area contributed by atoms with Crippen molar-refractivity contribution in [1.82, 2.24) is 14.5 Å². The summed E-state index contributed by atoms with van der Waals surface area (Å²) in [6.45, 7) is 0.524. The summed E-state index contributed by atoms with van der Waals surface area (Å²) in [6, 6.07) is 5.10. The van der Waals surface area contributed by atoms with Gasteiger partial charge >= 0.3 is 0 Å². The molecule has 22 heavy (non-hydrogen) atoms. The lowest BCUT2D eigenvalue weighted by atomic mass is 9.86. The first-order chi connectivity index (χ1) is 10.6. The maximum absolute atomic E-state index is 14.0. The molecule has 112 valence electrons. The van der Waals surface area contributed by atoms with Gasteiger partial charge in [0.1, 0.15) is 23.0 Å². The maximum Gasteiger partial charge on any atom is 0.126 e. The van der Waals surface area contributed by atoms with Crippen molar-refractivity contribution < 1.29 is 8.78 Å². The third-order valence-corrected chi connectivity index (χ3v) is 4.30. The Balaban J connectivity index is 1.80. The summed E-state index contributed by atoms with van der Waals surface area (Å²) in [4.78, 5) is 8.61. The lowest BCUT2D eigenvalue weighted by molar-refractivity contribution is 0.395. The smallest absolute Gasteiger partial charge is 0.126 e. The summed E-state index contributed by atoms with van der Waals surface area (Å²) in [5.74, 6) is -0.328. The number of nitrogens with zero attached hydrogens (tertiary/aromatic N) is 3. The Kier molecular flexibility index (Phi) is 2.94. The molecular weight excluding hydrogens is 286 g/mol. The molecule has 1 aromatic carbocycles. The topological polar surface area (TPSA) is 56.7 Å². The molecule has 1 aliphatic heterocycles. The second kappa shape index (κ2) is 4.84. The van der Waals surface area contributed by atoms with Gasteiger partial charge in [-0.15, -0.1) is 0 Å². The van der Waals surface area contributed by atoms with Crippen molar-refractivity contribution in [3.8, 4) is 0 Å². The molecule has 2 aromatic heterocycles. The number of rotatable bonds is 1. The lowest BCUT2D eigenvalue weighted by Gasteiger charge is -2.30. The van der Waals surface area contributed by atoms with Crippen LogP contribution in [0.15, 0.2) is 36.7 Å². The second-order valence-electron chi connectivity index (χ2n) is 5.64. The summed E-state index contributed by atoms with van der Waals surface area (Å²) < 4.78 is 29.5. The largest absolute Gasteiger partial charge is 0.326 e. The van der Waals surface area contributed by atoms with E-state index in [1.165, 1.54) is 6.07 Å². The van der Waals surface area contributed by atoms with Crippen molar-refractivity contribution in [2.75, 3.05) is 0 Å². The molecular formula is C16H14F2N4. The Hall–Kier alpha value is -2.34. The van der Waals surface area contributed by atoms with E-state index in [0.29, 0.717) is 18.5 Å². The fourth-order valence-electron chi connectivity index (χ4n) is 3.22. The van der Waals surface area contributed by atoms with E-state index in [2.05, 4.69) is 9.97 Å². The molecule has 0 bridgehead atoms. The predicted molar refractivity (Wildman–Crippen MR) is 78.3 cm³/mol. The molecule has 0 unspecified atom stereocenters. The molecule has 2 atom stereocenters. The number of nitrogens with two attached hydrogens (primary N) is 1. The second-order valence-corrected chi connectivity index (χ2v) is 5.64. The van der Waals surface area contributed by atoms with Crippen LogP contribution in [0.4, 0.5) is 8.78 Å². The van der Waals surface area contributed by atoms with Crippen LogP contribution < -0.4 is 5.73 Å². The molecule has 4 nitrogen and oxygen atoms in total. The van der Waals surface area contributed by atoms with Crippen molar-refractivity contribution >= 4 is 11.0 Å². The van der Waals surface area contributed by atoms with Crippen LogP contribution in [0.1, 0.15) is 17.3 Å². The maximum atomic E-state index is 14.0. The quantitative estimate of drug-likeness (QED) is 0.750. The van der Waals surface area contributed by atoms with Crippen LogP contribution in [-0.2, 0) is 13.0 Å². The number of benzene rings is 1. The molecule has 0 amide bonds. The Bertz CT molecular complexity index is 858. The molecule has 1 aliphatic rings. The fourth-order valence-corrected chi connectivity index (χ4v) is 3.22. The van der Waals surface area contributed by atoms with Crippen molar-refractivity contribution in [3.05, 3.63) is 59.7 Å². The van der Waals surface area contributed by atoms with Crippen LogP contribution in [0.2, 0.25) is 0 Å². The van der Waals surface area contributed by atoms with Crippen LogP contribution in [0.25, 0.3) is 11.0 Å². The molecule has 0 saturated carbocycles. The van der Waals surface area contributed by atoms with Crippen molar-refractivity contribution in [2.24, 2.45) is 5.73 Å². The highest BCUT2D eigenvalue weighted by Gasteiger charge is 2.31. The van der Waals surface area contributed by atoms with E-state index in [-0.39, 0.29) is 12.0 Å². The van der Waals surface area contributed by atoms with E-state index >= 15 is 0 Å².